The Kier molecular flexibility index (Phi) is 4.82. The van der Waals surface area contributed by atoms with E-state index < -0.39 is 0 Å². The number of hydrogen-bond acceptors (Lipinski definition) is 2. The highest BCUT2D eigenvalue weighted by molar-refractivity contribution is 9.10. The first kappa shape index (κ1) is 14.0. The van der Waals surface area contributed by atoms with Gasteiger partial charge in [-0.25, -0.2) is 0 Å². The minimum Gasteiger partial charge on any atom is -0.329 e. The molecule has 1 aliphatic rings. The van der Waals surface area contributed by atoms with Gasteiger partial charge in [-0.3, -0.25) is 4.90 Å². The van der Waals surface area contributed by atoms with Gasteiger partial charge in [0.1, 0.15) is 0 Å². The zero-order valence-electron chi connectivity index (χ0n) is 11.3. The van der Waals surface area contributed by atoms with Crippen LogP contribution >= 0.6 is 15.9 Å². The largest absolute Gasteiger partial charge is 0.329 e. The fourth-order valence-electron chi connectivity index (χ4n) is 2.48. The number of rotatable bonds is 6. The second kappa shape index (κ2) is 6.18. The number of nitrogens with two attached hydrogens (primary N) is 1. The van der Waals surface area contributed by atoms with Crippen molar-refractivity contribution in [1.82, 2.24) is 4.90 Å². The van der Waals surface area contributed by atoms with E-state index in [9.17, 15) is 0 Å². The molecule has 1 unspecified atom stereocenters. The van der Waals surface area contributed by atoms with Crippen LogP contribution in [0.4, 0.5) is 0 Å². The number of halogens is 1. The molecule has 0 amide bonds. The van der Waals surface area contributed by atoms with Gasteiger partial charge >= 0.3 is 0 Å². The van der Waals surface area contributed by atoms with E-state index in [-0.39, 0.29) is 0 Å². The van der Waals surface area contributed by atoms with Crippen LogP contribution in [0.1, 0.15) is 36.9 Å². The van der Waals surface area contributed by atoms with Gasteiger partial charge in [-0.15, -0.1) is 0 Å². The highest BCUT2D eigenvalue weighted by Gasteiger charge is 2.27. The summed E-state index contributed by atoms with van der Waals surface area (Å²) < 4.78 is 1.17. The quantitative estimate of drug-likeness (QED) is 0.871. The summed E-state index contributed by atoms with van der Waals surface area (Å²) >= 11 is 3.56. The van der Waals surface area contributed by atoms with Gasteiger partial charge in [0.05, 0.1) is 0 Å². The molecule has 0 spiro atoms. The van der Waals surface area contributed by atoms with Crippen molar-refractivity contribution in [2.45, 2.75) is 32.7 Å². The molecule has 0 heterocycles. The molecule has 100 valence electrons. The lowest BCUT2D eigenvalue weighted by atomic mass is 10.0. The number of benzene rings is 1. The van der Waals surface area contributed by atoms with Gasteiger partial charge in [-0.1, -0.05) is 35.0 Å². The minimum absolute atomic E-state index is 0.363. The molecule has 1 fully saturated rings. The molecule has 2 nitrogen and oxygen atoms in total. The zero-order valence-corrected chi connectivity index (χ0v) is 12.9. The maximum absolute atomic E-state index is 6.01. The summed E-state index contributed by atoms with van der Waals surface area (Å²) in [6, 6.07) is 6.96. The lowest BCUT2D eigenvalue weighted by Gasteiger charge is -2.30. The van der Waals surface area contributed by atoms with Crippen LogP contribution in [0.2, 0.25) is 0 Å². The van der Waals surface area contributed by atoms with E-state index in [1.165, 1.54) is 35.0 Å². The summed E-state index contributed by atoms with van der Waals surface area (Å²) in [4.78, 5) is 2.53. The minimum atomic E-state index is 0.363. The summed E-state index contributed by atoms with van der Waals surface area (Å²) in [6.45, 7) is 7.34. The predicted molar refractivity (Wildman–Crippen MR) is 80.6 cm³/mol. The van der Waals surface area contributed by atoms with Gasteiger partial charge in [0.2, 0.25) is 0 Å². The smallest absolute Gasteiger partial charge is 0.0470 e. The number of likely N-dealkylation sites (N-methyl/N-ethyl adjacent to an activating group) is 1. The van der Waals surface area contributed by atoms with Crippen LogP contribution in [0.25, 0.3) is 0 Å². The first-order valence-corrected chi connectivity index (χ1v) is 7.65. The van der Waals surface area contributed by atoms with Crippen molar-refractivity contribution in [2.75, 3.05) is 19.6 Å². The van der Waals surface area contributed by atoms with E-state index in [0.29, 0.717) is 12.6 Å². The van der Waals surface area contributed by atoms with E-state index in [4.69, 9.17) is 5.73 Å². The van der Waals surface area contributed by atoms with Gasteiger partial charge in [0.15, 0.2) is 0 Å². The van der Waals surface area contributed by atoms with Crippen molar-refractivity contribution >= 4 is 15.9 Å². The summed E-state index contributed by atoms with van der Waals surface area (Å²) in [5.74, 6) is 0.913. The predicted octanol–water partition coefficient (Wildman–Crippen LogP) is 3.49. The van der Waals surface area contributed by atoms with Crippen molar-refractivity contribution in [3.05, 3.63) is 33.8 Å². The average Bonchev–Trinajstić information content (AvgIpc) is 3.17. The standard InChI is InChI=1S/C15H23BrN2/c1-3-18(10-12-4-5-12)15(9-17)13-6-7-14(16)11(2)8-13/h6-8,12,15H,3-5,9-10,17H2,1-2H3. The molecule has 1 aliphatic carbocycles. The van der Waals surface area contributed by atoms with Crippen LogP contribution < -0.4 is 5.73 Å². The van der Waals surface area contributed by atoms with Crippen molar-refractivity contribution < 1.29 is 0 Å². The van der Waals surface area contributed by atoms with Gasteiger partial charge < -0.3 is 5.73 Å². The first-order valence-electron chi connectivity index (χ1n) is 6.85. The fraction of sp³-hybridized carbons (Fsp3) is 0.600. The number of nitrogens with zero attached hydrogens (tertiary/aromatic N) is 1. The van der Waals surface area contributed by atoms with Crippen LogP contribution in [0.15, 0.2) is 22.7 Å². The third kappa shape index (κ3) is 3.34. The Labute approximate surface area is 119 Å². The Balaban J connectivity index is 2.16. The molecule has 1 aromatic rings. The Bertz CT molecular complexity index is 401. The average molecular weight is 311 g/mol. The van der Waals surface area contributed by atoms with E-state index in [2.05, 4.69) is 52.9 Å². The molecule has 0 radical (unpaired) electrons. The summed E-state index contributed by atoms with van der Waals surface area (Å²) in [6.07, 6.45) is 2.79. The summed E-state index contributed by atoms with van der Waals surface area (Å²) in [7, 11) is 0. The monoisotopic (exact) mass is 310 g/mol. The van der Waals surface area contributed by atoms with Crippen molar-refractivity contribution in [3.8, 4) is 0 Å². The van der Waals surface area contributed by atoms with Crippen LogP contribution in [0.5, 0.6) is 0 Å². The molecule has 18 heavy (non-hydrogen) atoms. The SMILES string of the molecule is CCN(CC1CC1)C(CN)c1ccc(Br)c(C)c1. The first-order chi connectivity index (χ1) is 8.65. The Morgan fingerprint density at radius 2 is 2.17 bits per heavy atom. The molecule has 1 atom stereocenters. The van der Waals surface area contributed by atoms with Crippen LogP contribution in [-0.2, 0) is 0 Å². The third-order valence-corrected chi connectivity index (χ3v) is 4.72. The number of aryl methyl sites for hydroxylation is 1. The van der Waals surface area contributed by atoms with Crippen molar-refractivity contribution in [2.24, 2.45) is 11.7 Å². The Hall–Kier alpha value is -0.380. The second-order valence-electron chi connectivity index (χ2n) is 5.29. The van der Waals surface area contributed by atoms with Gasteiger partial charge in [0.25, 0.3) is 0 Å². The second-order valence-corrected chi connectivity index (χ2v) is 6.15. The maximum atomic E-state index is 6.01. The summed E-state index contributed by atoms with van der Waals surface area (Å²) in [5, 5.41) is 0. The fourth-order valence-corrected chi connectivity index (χ4v) is 2.73. The number of hydrogen-bond donors (Lipinski definition) is 1. The molecular weight excluding hydrogens is 288 g/mol. The topological polar surface area (TPSA) is 29.3 Å². The molecule has 0 bridgehead atoms. The molecular formula is C15H23BrN2. The Morgan fingerprint density at radius 3 is 2.67 bits per heavy atom. The molecule has 3 heteroatoms. The third-order valence-electron chi connectivity index (χ3n) is 3.83. The van der Waals surface area contributed by atoms with Gasteiger partial charge in [0, 0.05) is 23.6 Å². The molecule has 1 saturated carbocycles. The van der Waals surface area contributed by atoms with E-state index in [1.54, 1.807) is 0 Å². The van der Waals surface area contributed by atoms with Crippen LogP contribution in [-0.4, -0.2) is 24.5 Å². The maximum Gasteiger partial charge on any atom is 0.0470 e. The van der Waals surface area contributed by atoms with Crippen molar-refractivity contribution in [1.29, 1.82) is 0 Å². The zero-order chi connectivity index (χ0) is 13.1. The van der Waals surface area contributed by atoms with E-state index in [0.717, 1.165) is 12.5 Å². The van der Waals surface area contributed by atoms with Gasteiger partial charge in [-0.2, -0.15) is 0 Å². The van der Waals surface area contributed by atoms with Crippen molar-refractivity contribution in [3.63, 3.8) is 0 Å². The van der Waals surface area contributed by atoms with Gasteiger partial charge in [-0.05, 0) is 49.4 Å². The normalized spacial score (nSPS) is 17.2. The van der Waals surface area contributed by atoms with E-state index >= 15 is 0 Å². The molecule has 0 aliphatic heterocycles. The summed E-state index contributed by atoms with van der Waals surface area (Å²) in [5.41, 5.74) is 8.65. The molecule has 0 aromatic heterocycles. The highest BCUT2D eigenvalue weighted by atomic mass is 79.9. The molecule has 0 saturated heterocycles. The molecule has 2 rings (SSSR count). The highest BCUT2D eigenvalue weighted by Crippen LogP contribution is 2.33. The van der Waals surface area contributed by atoms with Crippen LogP contribution in [0.3, 0.4) is 0 Å². The lowest BCUT2D eigenvalue weighted by molar-refractivity contribution is 0.203. The molecule has 1 aromatic carbocycles. The lowest BCUT2D eigenvalue weighted by Crippen LogP contribution is -2.35. The van der Waals surface area contributed by atoms with Crippen LogP contribution in [0, 0.1) is 12.8 Å². The molecule has 2 N–H and O–H groups in total. The Morgan fingerprint density at radius 1 is 1.44 bits per heavy atom. The van der Waals surface area contributed by atoms with E-state index in [1.807, 2.05) is 0 Å².